The highest BCUT2D eigenvalue weighted by molar-refractivity contribution is 9.10. The van der Waals surface area contributed by atoms with Crippen LogP contribution >= 0.6 is 15.9 Å². The molecular formula is C13H16BrN3O2. The first kappa shape index (κ1) is 13.9. The predicted octanol–water partition coefficient (Wildman–Crippen LogP) is 2.34. The maximum absolute atomic E-state index is 10.6. The van der Waals surface area contributed by atoms with E-state index in [1.165, 1.54) is 0 Å². The standard InChI is InChI=1S/C13H16BrN3O2/c1-3-17-12(11(19-2)7-16-17)13(18)9-6-8(14)4-5-10(9)15/h4-7,13,18H,3,15H2,1-2H3. The average Bonchev–Trinajstić information content (AvgIpc) is 2.83. The molecule has 2 rings (SSSR count). The van der Waals surface area contributed by atoms with Gasteiger partial charge in [0.05, 0.1) is 13.3 Å². The van der Waals surface area contributed by atoms with Crippen molar-refractivity contribution in [2.45, 2.75) is 19.6 Å². The van der Waals surface area contributed by atoms with E-state index in [-0.39, 0.29) is 0 Å². The van der Waals surface area contributed by atoms with Gasteiger partial charge in [-0.15, -0.1) is 0 Å². The lowest BCUT2D eigenvalue weighted by Gasteiger charge is -2.16. The van der Waals surface area contributed by atoms with Gasteiger partial charge in [0.1, 0.15) is 11.8 Å². The summed E-state index contributed by atoms with van der Waals surface area (Å²) < 4.78 is 7.80. The van der Waals surface area contributed by atoms with Gasteiger partial charge >= 0.3 is 0 Å². The van der Waals surface area contributed by atoms with E-state index in [0.717, 1.165) is 4.47 Å². The first-order valence-corrected chi connectivity index (χ1v) is 6.70. The largest absolute Gasteiger partial charge is 0.493 e. The van der Waals surface area contributed by atoms with Gasteiger partial charge in [-0.25, -0.2) is 0 Å². The molecule has 2 aromatic rings. The summed E-state index contributed by atoms with van der Waals surface area (Å²) in [4.78, 5) is 0. The topological polar surface area (TPSA) is 73.3 Å². The molecule has 0 amide bonds. The van der Waals surface area contributed by atoms with E-state index in [2.05, 4.69) is 21.0 Å². The van der Waals surface area contributed by atoms with Crippen LogP contribution in [-0.4, -0.2) is 22.0 Å². The number of nitrogens with two attached hydrogens (primary N) is 1. The van der Waals surface area contributed by atoms with Crippen LogP contribution in [0.5, 0.6) is 5.75 Å². The Morgan fingerprint density at radius 2 is 2.26 bits per heavy atom. The van der Waals surface area contributed by atoms with Crippen molar-refractivity contribution in [2.24, 2.45) is 0 Å². The van der Waals surface area contributed by atoms with E-state index in [1.807, 2.05) is 13.0 Å². The quantitative estimate of drug-likeness (QED) is 0.846. The van der Waals surface area contributed by atoms with Crippen molar-refractivity contribution in [3.63, 3.8) is 0 Å². The smallest absolute Gasteiger partial charge is 0.163 e. The summed E-state index contributed by atoms with van der Waals surface area (Å²) >= 11 is 3.38. The highest BCUT2D eigenvalue weighted by atomic mass is 79.9. The lowest BCUT2D eigenvalue weighted by molar-refractivity contribution is 0.203. The number of hydrogen-bond donors (Lipinski definition) is 2. The van der Waals surface area contributed by atoms with Gasteiger partial charge in [0.2, 0.25) is 0 Å². The third kappa shape index (κ3) is 2.59. The highest BCUT2D eigenvalue weighted by Crippen LogP contribution is 2.33. The fraction of sp³-hybridized carbons (Fsp3) is 0.308. The normalized spacial score (nSPS) is 12.4. The lowest BCUT2D eigenvalue weighted by atomic mass is 10.0. The van der Waals surface area contributed by atoms with Crippen LogP contribution in [0.2, 0.25) is 0 Å². The zero-order chi connectivity index (χ0) is 14.0. The molecule has 0 spiro atoms. The molecular weight excluding hydrogens is 310 g/mol. The van der Waals surface area contributed by atoms with E-state index >= 15 is 0 Å². The van der Waals surface area contributed by atoms with Crippen LogP contribution in [0.25, 0.3) is 0 Å². The van der Waals surface area contributed by atoms with Crippen molar-refractivity contribution in [1.82, 2.24) is 9.78 Å². The lowest BCUT2D eigenvalue weighted by Crippen LogP contribution is -2.11. The minimum absolute atomic E-state index is 0.529. The van der Waals surface area contributed by atoms with Gasteiger partial charge in [-0.1, -0.05) is 15.9 Å². The molecule has 5 nitrogen and oxygen atoms in total. The monoisotopic (exact) mass is 325 g/mol. The minimum atomic E-state index is -0.880. The van der Waals surface area contributed by atoms with Crippen LogP contribution < -0.4 is 10.5 Å². The zero-order valence-electron chi connectivity index (χ0n) is 10.8. The van der Waals surface area contributed by atoms with Gasteiger partial charge in [0.15, 0.2) is 5.75 Å². The Kier molecular flexibility index (Phi) is 4.11. The van der Waals surface area contributed by atoms with E-state index in [4.69, 9.17) is 10.5 Å². The first-order chi connectivity index (χ1) is 9.08. The van der Waals surface area contributed by atoms with Gasteiger partial charge in [-0.3, -0.25) is 4.68 Å². The number of aromatic nitrogens is 2. The average molecular weight is 326 g/mol. The fourth-order valence-corrected chi connectivity index (χ4v) is 2.37. The fourth-order valence-electron chi connectivity index (χ4n) is 1.99. The van der Waals surface area contributed by atoms with Crippen LogP contribution in [0.15, 0.2) is 28.9 Å². The number of nitrogens with zero attached hydrogens (tertiary/aromatic N) is 2. The molecule has 3 N–H and O–H groups in total. The second kappa shape index (κ2) is 5.63. The summed E-state index contributed by atoms with van der Waals surface area (Å²) in [6.07, 6.45) is 0.714. The molecule has 102 valence electrons. The predicted molar refractivity (Wildman–Crippen MR) is 77.1 cm³/mol. The molecule has 0 aliphatic rings. The molecule has 6 heteroatoms. The molecule has 0 aliphatic carbocycles. The number of aliphatic hydroxyl groups is 1. The molecule has 0 radical (unpaired) electrons. The Morgan fingerprint density at radius 3 is 2.89 bits per heavy atom. The molecule has 0 fully saturated rings. The van der Waals surface area contributed by atoms with E-state index in [9.17, 15) is 5.11 Å². The van der Waals surface area contributed by atoms with Crippen molar-refractivity contribution in [1.29, 1.82) is 0 Å². The summed E-state index contributed by atoms with van der Waals surface area (Å²) in [5.41, 5.74) is 7.69. The van der Waals surface area contributed by atoms with Gasteiger partial charge < -0.3 is 15.6 Å². The number of anilines is 1. The Balaban J connectivity index is 2.51. The SMILES string of the molecule is CCn1ncc(OC)c1C(O)c1cc(Br)ccc1N. The molecule has 19 heavy (non-hydrogen) atoms. The summed E-state index contributed by atoms with van der Waals surface area (Å²) in [5, 5.41) is 14.8. The summed E-state index contributed by atoms with van der Waals surface area (Å²) in [6.45, 7) is 2.59. The molecule has 1 unspecified atom stereocenters. The van der Waals surface area contributed by atoms with Crippen molar-refractivity contribution >= 4 is 21.6 Å². The van der Waals surface area contributed by atoms with Gasteiger partial charge in [0.25, 0.3) is 0 Å². The van der Waals surface area contributed by atoms with Crippen LogP contribution in [0.3, 0.4) is 0 Å². The van der Waals surface area contributed by atoms with Crippen molar-refractivity contribution < 1.29 is 9.84 Å². The van der Waals surface area contributed by atoms with Crippen molar-refractivity contribution in [3.8, 4) is 5.75 Å². The zero-order valence-corrected chi connectivity index (χ0v) is 12.4. The maximum Gasteiger partial charge on any atom is 0.163 e. The molecule has 0 saturated carbocycles. The number of ether oxygens (including phenoxy) is 1. The molecule has 1 aromatic heterocycles. The van der Waals surface area contributed by atoms with Crippen molar-refractivity contribution in [3.05, 3.63) is 40.1 Å². The second-order valence-electron chi connectivity index (χ2n) is 4.09. The molecule has 0 saturated heterocycles. The van der Waals surface area contributed by atoms with Crippen LogP contribution in [-0.2, 0) is 6.54 Å². The summed E-state index contributed by atoms with van der Waals surface area (Å²) in [6, 6.07) is 5.38. The Bertz CT molecular complexity index is 562. The summed E-state index contributed by atoms with van der Waals surface area (Å²) in [5.74, 6) is 0.550. The summed E-state index contributed by atoms with van der Waals surface area (Å²) in [7, 11) is 1.55. The molecule has 1 atom stereocenters. The first-order valence-electron chi connectivity index (χ1n) is 5.91. The maximum atomic E-state index is 10.6. The van der Waals surface area contributed by atoms with Crippen molar-refractivity contribution in [2.75, 3.05) is 12.8 Å². The minimum Gasteiger partial charge on any atom is -0.493 e. The molecule has 0 aliphatic heterocycles. The Hall–Kier alpha value is -1.53. The van der Waals surface area contributed by atoms with E-state index in [0.29, 0.717) is 29.2 Å². The van der Waals surface area contributed by atoms with Crippen LogP contribution in [0.1, 0.15) is 24.3 Å². The number of halogens is 1. The number of methoxy groups -OCH3 is 1. The number of hydrogen-bond acceptors (Lipinski definition) is 4. The van der Waals surface area contributed by atoms with Crippen LogP contribution in [0.4, 0.5) is 5.69 Å². The number of rotatable bonds is 4. The van der Waals surface area contributed by atoms with Gasteiger partial charge in [-0.2, -0.15) is 5.10 Å². The third-order valence-corrected chi connectivity index (χ3v) is 3.46. The third-order valence-electron chi connectivity index (χ3n) is 2.97. The Labute approximate surface area is 120 Å². The van der Waals surface area contributed by atoms with E-state index in [1.54, 1.807) is 30.1 Å². The number of benzene rings is 1. The molecule has 1 aromatic carbocycles. The molecule has 0 bridgehead atoms. The number of aliphatic hydroxyl groups excluding tert-OH is 1. The van der Waals surface area contributed by atoms with Gasteiger partial charge in [0, 0.05) is 22.3 Å². The second-order valence-corrected chi connectivity index (χ2v) is 5.01. The van der Waals surface area contributed by atoms with Gasteiger partial charge in [-0.05, 0) is 25.1 Å². The number of nitrogen functional groups attached to an aromatic ring is 1. The van der Waals surface area contributed by atoms with Crippen LogP contribution in [0, 0.1) is 0 Å². The number of aryl methyl sites for hydroxylation is 1. The highest BCUT2D eigenvalue weighted by Gasteiger charge is 2.22. The Morgan fingerprint density at radius 1 is 1.53 bits per heavy atom. The molecule has 1 heterocycles. The van der Waals surface area contributed by atoms with E-state index < -0.39 is 6.10 Å².